The average molecular weight is 151 g/mol. The van der Waals surface area contributed by atoms with E-state index in [1.165, 1.54) is 0 Å². The predicted molar refractivity (Wildman–Crippen MR) is 46.0 cm³/mol. The monoisotopic (exact) mass is 151 g/mol. The van der Waals surface area contributed by atoms with Gasteiger partial charge in [-0.2, -0.15) is 0 Å². The van der Waals surface area contributed by atoms with E-state index in [9.17, 15) is 0 Å². The Morgan fingerprint density at radius 1 is 1.73 bits per heavy atom. The van der Waals surface area contributed by atoms with Crippen molar-refractivity contribution in [2.45, 2.75) is 19.3 Å². The Labute approximate surface area is 66.6 Å². The molecule has 3 nitrogen and oxygen atoms in total. The standard InChI is InChI=1S/C8H13N3/c1-8(2,5-9-3)7-4-10-6-11-7/h4,6H,3,5H2,1-2H3,(H,10,11). The molecule has 1 N–H and O–H groups in total. The molecule has 0 radical (unpaired) electrons. The smallest absolute Gasteiger partial charge is 0.0921 e. The third-order valence-corrected chi connectivity index (χ3v) is 1.73. The summed E-state index contributed by atoms with van der Waals surface area (Å²) in [6.45, 7) is 8.40. The summed E-state index contributed by atoms with van der Waals surface area (Å²) in [4.78, 5) is 10.9. The lowest BCUT2D eigenvalue weighted by Gasteiger charge is -2.19. The summed E-state index contributed by atoms with van der Waals surface area (Å²) >= 11 is 0. The molecule has 0 unspecified atom stereocenters. The molecule has 1 heterocycles. The van der Waals surface area contributed by atoms with Gasteiger partial charge < -0.3 is 4.98 Å². The van der Waals surface area contributed by atoms with Crippen molar-refractivity contribution in [1.29, 1.82) is 0 Å². The minimum absolute atomic E-state index is 0.0260. The Kier molecular flexibility index (Phi) is 2.08. The van der Waals surface area contributed by atoms with Gasteiger partial charge in [0.15, 0.2) is 0 Å². The summed E-state index contributed by atoms with van der Waals surface area (Å²) in [6, 6.07) is 0. The lowest BCUT2D eigenvalue weighted by Crippen LogP contribution is -2.21. The van der Waals surface area contributed by atoms with Gasteiger partial charge in [0.2, 0.25) is 0 Å². The molecule has 0 saturated heterocycles. The molecule has 0 saturated carbocycles. The molecule has 0 aliphatic carbocycles. The van der Waals surface area contributed by atoms with E-state index in [2.05, 4.69) is 35.5 Å². The normalized spacial score (nSPS) is 11.5. The van der Waals surface area contributed by atoms with E-state index < -0.39 is 0 Å². The first kappa shape index (κ1) is 7.98. The van der Waals surface area contributed by atoms with Gasteiger partial charge in [0.25, 0.3) is 0 Å². The van der Waals surface area contributed by atoms with Crippen molar-refractivity contribution in [2.75, 3.05) is 6.54 Å². The number of aromatic amines is 1. The Morgan fingerprint density at radius 3 is 2.91 bits per heavy atom. The Bertz CT molecular complexity index is 223. The van der Waals surface area contributed by atoms with E-state index in [1.807, 2.05) is 6.20 Å². The summed E-state index contributed by atoms with van der Waals surface area (Å²) in [5.74, 6) is 0. The fourth-order valence-electron chi connectivity index (χ4n) is 0.991. The second-order valence-electron chi connectivity index (χ2n) is 3.23. The number of aliphatic imine (C=N–C) groups is 1. The highest BCUT2D eigenvalue weighted by Gasteiger charge is 2.20. The van der Waals surface area contributed by atoms with E-state index in [-0.39, 0.29) is 5.41 Å². The SMILES string of the molecule is C=NCC(C)(C)c1cnc[nH]1. The van der Waals surface area contributed by atoms with E-state index in [1.54, 1.807) is 6.33 Å². The van der Waals surface area contributed by atoms with Gasteiger partial charge in [-0.05, 0) is 6.72 Å². The van der Waals surface area contributed by atoms with E-state index >= 15 is 0 Å². The summed E-state index contributed by atoms with van der Waals surface area (Å²) in [6.07, 6.45) is 3.51. The number of hydrogen-bond donors (Lipinski definition) is 1. The Balaban J connectivity index is 2.81. The molecule has 3 heteroatoms. The first-order valence-electron chi connectivity index (χ1n) is 3.58. The molecule has 60 valence electrons. The number of aromatic nitrogens is 2. The largest absolute Gasteiger partial charge is 0.348 e. The third-order valence-electron chi connectivity index (χ3n) is 1.73. The van der Waals surface area contributed by atoms with Gasteiger partial charge in [0, 0.05) is 23.9 Å². The zero-order chi connectivity index (χ0) is 8.32. The molecule has 11 heavy (non-hydrogen) atoms. The highest BCUT2D eigenvalue weighted by molar-refractivity contribution is 5.24. The molecule has 0 atom stereocenters. The second-order valence-corrected chi connectivity index (χ2v) is 3.23. The molecule has 0 bridgehead atoms. The van der Waals surface area contributed by atoms with Crippen molar-refractivity contribution in [3.05, 3.63) is 18.2 Å². The van der Waals surface area contributed by atoms with Crippen molar-refractivity contribution in [2.24, 2.45) is 4.99 Å². The van der Waals surface area contributed by atoms with Crippen LogP contribution in [0.5, 0.6) is 0 Å². The lowest BCUT2D eigenvalue weighted by molar-refractivity contribution is 0.527. The van der Waals surface area contributed by atoms with Crippen LogP contribution in [0.1, 0.15) is 19.5 Å². The maximum Gasteiger partial charge on any atom is 0.0921 e. The second kappa shape index (κ2) is 2.86. The Morgan fingerprint density at radius 2 is 2.45 bits per heavy atom. The van der Waals surface area contributed by atoms with Crippen LogP contribution in [0.15, 0.2) is 17.5 Å². The minimum atomic E-state index is 0.0260. The van der Waals surface area contributed by atoms with Gasteiger partial charge in [-0.15, -0.1) is 0 Å². The van der Waals surface area contributed by atoms with Gasteiger partial charge in [-0.25, -0.2) is 4.98 Å². The number of H-pyrrole nitrogens is 1. The average Bonchev–Trinajstić information content (AvgIpc) is 2.37. The van der Waals surface area contributed by atoms with Crippen LogP contribution in [0.3, 0.4) is 0 Å². The van der Waals surface area contributed by atoms with Gasteiger partial charge >= 0.3 is 0 Å². The van der Waals surface area contributed by atoms with Crippen LogP contribution < -0.4 is 0 Å². The third kappa shape index (κ3) is 1.67. The van der Waals surface area contributed by atoms with Crippen molar-refractivity contribution in [3.63, 3.8) is 0 Å². The van der Waals surface area contributed by atoms with Crippen LogP contribution in [0.2, 0.25) is 0 Å². The van der Waals surface area contributed by atoms with Crippen LogP contribution in [0, 0.1) is 0 Å². The molecule has 0 amide bonds. The van der Waals surface area contributed by atoms with Gasteiger partial charge in [0.05, 0.1) is 6.33 Å². The molecular weight excluding hydrogens is 138 g/mol. The van der Waals surface area contributed by atoms with Crippen LogP contribution in [-0.4, -0.2) is 23.2 Å². The summed E-state index contributed by atoms with van der Waals surface area (Å²) in [5, 5.41) is 0. The number of hydrogen-bond acceptors (Lipinski definition) is 2. The van der Waals surface area contributed by atoms with Crippen molar-refractivity contribution < 1.29 is 0 Å². The molecule has 0 aliphatic rings. The van der Waals surface area contributed by atoms with Crippen molar-refractivity contribution >= 4 is 6.72 Å². The van der Waals surface area contributed by atoms with Gasteiger partial charge in [-0.3, -0.25) is 4.99 Å². The highest BCUT2D eigenvalue weighted by atomic mass is 14.9. The zero-order valence-corrected chi connectivity index (χ0v) is 6.96. The Hall–Kier alpha value is -1.12. The molecular formula is C8H13N3. The summed E-state index contributed by atoms with van der Waals surface area (Å²) < 4.78 is 0. The molecule has 1 aromatic rings. The fourth-order valence-corrected chi connectivity index (χ4v) is 0.991. The van der Waals surface area contributed by atoms with Crippen molar-refractivity contribution in [1.82, 2.24) is 9.97 Å². The maximum atomic E-state index is 3.95. The molecule has 0 fully saturated rings. The van der Waals surface area contributed by atoms with E-state index in [0.717, 1.165) is 12.2 Å². The molecule has 1 aromatic heterocycles. The molecule has 0 aromatic carbocycles. The van der Waals surface area contributed by atoms with Crippen LogP contribution in [-0.2, 0) is 5.41 Å². The minimum Gasteiger partial charge on any atom is -0.348 e. The molecule has 0 spiro atoms. The lowest BCUT2D eigenvalue weighted by atomic mass is 9.90. The summed E-state index contributed by atoms with van der Waals surface area (Å²) in [7, 11) is 0. The fraction of sp³-hybridized carbons (Fsp3) is 0.500. The quantitative estimate of drug-likeness (QED) is 0.651. The summed E-state index contributed by atoms with van der Waals surface area (Å²) in [5.41, 5.74) is 1.13. The number of imidazole rings is 1. The zero-order valence-electron chi connectivity index (χ0n) is 6.96. The van der Waals surface area contributed by atoms with Crippen LogP contribution >= 0.6 is 0 Å². The first-order valence-corrected chi connectivity index (χ1v) is 3.58. The van der Waals surface area contributed by atoms with Gasteiger partial charge in [0.1, 0.15) is 0 Å². The highest BCUT2D eigenvalue weighted by Crippen LogP contribution is 2.19. The number of rotatable bonds is 3. The van der Waals surface area contributed by atoms with E-state index in [0.29, 0.717) is 0 Å². The number of nitrogens with zero attached hydrogens (tertiary/aromatic N) is 2. The van der Waals surface area contributed by atoms with E-state index in [4.69, 9.17) is 0 Å². The van der Waals surface area contributed by atoms with Gasteiger partial charge in [-0.1, -0.05) is 13.8 Å². The van der Waals surface area contributed by atoms with Crippen molar-refractivity contribution in [3.8, 4) is 0 Å². The van der Waals surface area contributed by atoms with Crippen LogP contribution in [0.4, 0.5) is 0 Å². The first-order chi connectivity index (χ1) is 5.17. The molecule has 1 rings (SSSR count). The molecule has 0 aliphatic heterocycles. The predicted octanol–water partition coefficient (Wildman–Crippen LogP) is 1.39. The topological polar surface area (TPSA) is 41.0 Å². The number of nitrogens with one attached hydrogen (secondary N) is 1. The van der Waals surface area contributed by atoms with Crippen LogP contribution in [0.25, 0.3) is 0 Å². The maximum absolute atomic E-state index is 3.95.